The fourth-order valence-corrected chi connectivity index (χ4v) is 10.1. The van der Waals surface area contributed by atoms with Crippen molar-refractivity contribution in [3.8, 4) is 11.5 Å². The zero-order valence-electron chi connectivity index (χ0n) is 27.3. The Kier molecular flexibility index (Phi) is 10.00. The number of fused-ring (bicyclic) bond motifs is 2. The van der Waals surface area contributed by atoms with Gasteiger partial charge >= 0.3 is 6.09 Å². The fraction of sp³-hybridized carbons (Fsp3) is 0.394. The summed E-state index contributed by atoms with van der Waals surface area (Å²) in [6.07, 6.45) is -0.665. The van der Waals surface area contributed by atoms with Gasteiger partial charge in [0.25, 0.3) is 5.91 Å². The number of rotatable bonds is 9. The lowest BCUT2D eigenvalue weighted by molar-refractivity contribution is 0.0984. The minimum atomic E-state index is -4.48. The molecule has 0 spiro atoms. The van der Waals surface area contributed by atoms with E-state index in [1.54, 1.807) is 39.0 Å². The third-order valence-corrected chi connectivity index (χ3v) is 12.7. The molecule has 12 nitrogen and oxygen atoms in total. The number of hydrogen-bond acceptors (Lipinski definition) is 8. The number of amides is 2. The SMILES string of the molecule is CCN1C(=O)c2ccc(F)cc2S(O)(O)c2cc(S(=O)(=O)N(Cc3ccc(OC)cc3OC)C3CCN(C(=O)O)CC3)c(C(C)C)cc21. The zero-order valence-corrected chi connectivity index (χ0v) is 29.0. The predicted octanol–water partition coefficient (Wildman–Crippen LogP) is 6.45. The van der Waals surface area contributed by atoms with E-state index < -0.39 is 50.4 Å². The normalized spacial score (nSPS) is 17.2. The van der Waals surface area contributed by atoms with Gasteiger partial charge in [0.05, 0.1) is 40.2 Å². The van der Waals surface area contributed by atoms with Crippen LogP contribution >= 0.6 is 10.6 Å². The molecule has 1 fully saturated rings. The first kappa shape index (κ1) is 35.4. The lowest BCUT2D eigenvalue weighted by Crippen LogP contribution is -2.48. The second kappa shape index (κ2) is 13.6. The van der Waals surface area contributed by atoms with Crippen LogP contribution in [0.1, 0.15) is 61.0 Å². The van der Waals surface area contributed by atoms with E-state index >= 15 is 8.42 Å². The molecule has 3 aromatic carbocycles. The number of anilines is 1. The molecule has 0 aromatic heterocycles. The molecule has 3 N–H and O–H groups in total. The lowest BCUT2D eigenvalue weighted by Gasteiger charge is -2.38. The average Bonchev–Trinajstić information content (AvgIpc) is 3.12. The molecule has 2 amide bonds. The van der Waals surface area contributed by atoms with E-state index in [2.05, 4.69) is 0 Å². The maximum absolute atomic E-state index is 15.0. The van der Waals surface area contributed by atoms with Crippen LogP contribution in [0.15, 0.2) is 63.2 Å². The highest BCUT2D eigenvalue weighted by Crippen LogP contribution is 2.62. The van der Waals surface area contributed by atoms with Gasteiger partial charge in [0.1, 0.15) is 17.3 Å². The van der Waals surface area contributed by atoms with Gasteiger partial charge in [0.2, 0.25) is 10.0 Å². The maximum atomic E-state index is 15.0. The predicted molar refractivity (Wildman–Crippen MR) is 179 cm³/mol. The molecule has 1 saturated heterocycles. The number of likely N-dealkylation sites (tertiary alicyclic amines) is 1. The van der Waals surface area contributed by atoms with Crippen LogP contribution in [0.2, 0.25) is 0 Å². The third kappa shape index (κ3) is 6.32. The molecule has 15 heteroatoms. The van der Waals surface area contributed by atoms with Crippen LogP contribution in [0, 0.1) is 5.82 Å². The summed E-state index contributed by atoms with van der Waals surface area (Å²) in [6.45, 7) is 5.49. The van der Waals surface area contributed by atoms with Crippen LogP contribution in [-0.2, 0) is 16.6 Å². The standard InChI is InChI=1S/C33H40FN3O9S2/c1-6-36-27-17-26(20(2)3)30(18-31(27)47(41,42)29-15-22(34)8-10-25(29)32(36)38)48(43,44)37(23-11-13-35(14-12-23)33(39)40)19-21-7-9-24(45-4)16-28(21)46-5/h7-10,15-18,20,23,41-42H,6,11-14,19H2,1-5H3,(H,39,40). The van der Waals surface area contributed by atoms with Gasteiger partial charge in [-0.25, -0.2) is 17.6 Å². The molecule has 0 aliphatic carbocycles. The minimum absolute atomic E-state index is 0.0941. The van der Waals surface area contributed by atoms with Crippen LogP contribution in [0.5, 0.6) is 11.5 Å². The summed E-state index contributed by atoms with van der Waals surface area (Å²) in [5.74, 6) is -0.870. The van der Waals surface area contributed by atoms with Crippen molar-refractivity contribution in [1.29, 1.82) is 0 Å². The van der Waals surface area contributed by atoms with Crippen molar-refractivity contribution in [3.05, 3.63) is 71.0 Å². The number of ether oxygens (including phenoxy) is 2. The molecule has 0 radical (unpaired) electrons. The molecule has 2 aliphatic heterocycles. The number of methoxy groups -OCH3 is 2. The van der Waals surface area contributed by atoms with Crippen molar-refractivity contribution in [2.75, 3.05) is 38.8 Å². The summed E-state index contributed by atoms with van der Waals surface area (Å²) in [5.41, 5.74) is 0.894. The van der Waals surface area contributed by atoms with Crippen LogP contribution in [0.25, 0.3) is 0 Å². The summed E-state index contributed by atoms with van der Waals surface area (Å²) in [5, 5.41) is 9.55. The Morgan fingerprint density at radius 1 is 1.04 bits per heavy atom. The van der Waals surface area contributed by atoms with Gasteiger partial charge < -0.3 is 24.4 Å². The average molecular weight is 706 g/mol. The van der Waals surface area contributed by atoms with Crippen molar-refractivity contribution < 1.29 is 46.1 Å². The first-order valence-corrected chi connectivity index (χ1v) is 18.4. The number of halogens is 1. The Morgan fingerprint density at radius 2 is 1.73 bits per heavy atom. The quantitative estimate of drug-likeness (QED) is 0.228. The minimum Gasteiger partial charge on any atom is -0.497 e. The Labute approximate surface area is 281 Å². The van der Waals surface area contributed by atoms with Gasteiger partial charge in [-0.05, 0) is 67.6 Å². The molecule has 48 heavy (non-hydrogen) atoms. The molecule has 0 atom stereocenters. The van der Waals surface area contributed by atoms with Crippen molar-refractivity contribution >= 4 is 38.3 Å². The number of carboxylic acid groups (broad SMARTS) is 1. The van der Waals surface area contributed by atoms with Gasteiger partial charge in [-0.3, -0.25) is 13.9 Å². The molecular formula is C33H40FN3O9S2. The highest BCUT2D eigenvalue weighted by Gasteiger charge is 2.41. The van der Waals surface area contributed by atoms with E-state index in [9.17, 15) is 28.2 Å². The molecule has 0 bridgehead atoms. The van der Waals surface area contributed by atoms with Crippen molar-refractivity contribution in [2.45, 2.75) is 66.8 Å². The van der Waals surface area contributed by atoms with E-state index in [-0.39, 0.29) is 65.0 Å². The molecule has 5 rings (SSSR count). The Hall–Kier alpha value is -3.89. The van der Waals surface area contributed by atoms with E-state index in [4.69, 9.17) is 9.47 Å². The second-order valence-corrected chi connectivity index (χ2v) is 15.8. The maximum Gasteiger partial charge on any atom is 0.407 e. The van der Waals surface area contributed by atoms with Crippen LogP contribution in [0.3, 0.4) is 0 Å². The van der Waals surface area contributed by atoms with Gasteiger partial charge in [-0.15, -0.1) is 10.6 Å². The van der Waals surface area contributed by atoms with Crippen molar-refractivity contribution in [1.82, 2.24) is 9.21 Å². The van der Waals surface area contributed by atoms with Gasteiger partial charge in [-0.2, -0.15) is 4.31 Å². The molecule has 0 saturated carbocycles. The van der Waals surface area contributed by atoms with Gasteiger partial charge in [-0.1, -0.05) is 19.9 Å². The number of piperidine rings is 1. The topological polar surface area (TPSA) is 157 Å². The van der Waals surface area contributed by atoms with E-state index in [0.717, 1.165) is 12.1 Å². The Morgan fingerprint density at radius 3 is 2.31 bits per heavy atom. The highest BCUT2D eigenvalue weighted by atomic mass is 32.3. The molecule has 260 valence electrons. The fourth-order valence-electron chi connectivity index (χ4n) is 6.31. The van der Waals surface area contributed by atoms with E-state index in [0.29, 0.717) is 22.6 Å². The Balaban J connectivity index is 1.73. The number of benzene rings is 3. The smallest absolute Gasteiger partial charge is 0.407 e. The van der Waals surface area contributed by atoms with Crippen LogP contribution in [-0.4, -0.2) is 83.7 Å². The molecule has 0 unspecified atom stereocenters. The van der Waals surface area contributed by atoms with Crippen LogP contribution < -0.4 is 14.4 Å². The third-order valence-electron chi connectivity index (χ3n) is 8.90. The number of carbonyl (C=O) groups excluding carboxylic acids is 1. The number of nitrogens with zero attached hydrogens (tertiary/aromatic N) is 3. The monoisotopic (exact) mass is 705 g/mol. The van der Waals surface area contributed by atoms with Crippen molar-refractivity contribution in [3.63, 3.8) is 0 Å². The summed E-state index contributed by atoms with van der Waals surface area (Å²) in [4.78, 5) is 27.2. The molecular weight excluding hydrogens is 666 g/mol. The highest BCUT2D eigenvalue weighted by molar-refractivity contribution is 8.24. The Bertz CT molecular complexity index is 1840. The van der Waals surface area contributed by atoms with Gasteiger partial charge in [0, 0.05) is 43.9 Å². The lowest BCUT2D eigenvalue weighted by atomic mass is 10.0. The van der Waals surface area contributed by atoms with E-state index in [1.165, 1.54) is 46.5 Å². The summed E-state index contributed by atoms with van der Waals surface area (Å²) >= 11 is 0. The number of sulfonamides is 1. The van der Waals surface area contributed by atoms with Crippen molar-refractivity contribution in [2.24, 2.45) is 0 Å². The zero-order chi connectivity index (χ0) is 35.1. The summed E-state index contributed by atoms with van der Waals surface area (Å²) < 4.78 is 80.3. The summed E-state index contributed by atoms with van der Waals surface area (Å²) in [7, 11) is -5.62. The number of carbonyl (C=O) groups is 2. The second-order valence-electron chi connectivity index (χ2n) is 12.0. The first-order valence-electron chi connectivity index (χ1n) is 15.4. The van der Waals surface area contributed by atoms with Crippen LogP contribution in [0.4, 0.5) is 14.9 Å². The van der Waals surface area contributed by atoms with Gasteiger partial charge in [0.15, 0.2) is 0 Å². The molecule has 2 aliphatic rings. The number of hydrogen-bond donors (Lipinski definition) is 3. The summed E-state index contributed by atoms with van der Waals surface area (Å²) in [6, 6.07) is 10.3. The molecule has 2 heterocycles. The largest absolute Gasteiger partial charge is 0.497 e. The first-order chi connectivity index (χ1) is 22.6. The molecule has 3 aromatic rings. The van der Waals surface area contributed by atoms with E-state index in [1.807, 2.05) is 0 Å².